The maximum absolute atomic E-state index is 12.4. The summed E-state index contributed by atoms with van der Waals surface area (Å²) in [4.78, 5) is 12.4. The lowest BCUT2D eigenvalue weighted by Crippen LogP contribution is -2.04. The minimum atomic E-state index is -0.0597. The minimum absolute atomic E-state index is 0.0597. The van der Waals surface area contributed by atoms with Gasteiger partial charge in [-0.25, -0.2) is 0 Å². The summed E-state index contributed by atoms with van der Waals surface area (Å²) in [6, 6.07) is 12.5. The summed E-state index contributed by atoms with van der Waals surface area (Å²) in [5.41, 5.74) is 8.51. The lowest BCUT2D eigenvalue weighted by atomic mass is 10.0. The third kappa shape index (κ3) is 2.20. The lowest BCUT2D eigenvalue weighted by Gasteiger charge is -2.08. The van der Waals surface area contributed by atoms with Crippen LogP contribution in [0.2, 0.25) is 0 Å². The monoisotopic (exact) mass is 241 g/mol. The van der Waals surface area contributed by atoms with E-state index in [0.717, 1.165) is 5.56 Å². The van der Waals surface area contributed by atoms with Gasteiger partial charge in [-0.15, -0.1) is 0 Å². The van der Waals surface area contributed by atoms with Gasteiger partial charge in [0.05, 0.1) is 12.7 Å². The first-order chi connectivity index (χ1) is 8.63. The average molecular weight is 241 g/mol. The summed E-state index contributed by atoms with van der Waals surface area (Å²) < 4.78 is 5.20. The highest BCUT2D eigenvalue weighted by molar-refractivity contribution is 6.11. The molecule has 3 heteroatoms. The summed E-state index contributed by atoms with van der Waals surface area (Å²) >= 11 is 0. The van der Waals surface area contributed by atoms with Crippen LogP contribution in [0.4, 0.5) is 5.69 Å². The van der Waals surface area contributed by atoms with E-state index in [0.29, 0.717) is 22.6 Å². The van der Waals surface area contributed by atoms with Gasteiger partial charge in [-0.2, -0.15) is 0 Å². The van der Waals surface area contributed by atoms with Crippen molar-refractivity contribution >= 4 is 11.5 Å². The Morgan fingerprint density at radius 3 is 2.56 bits per heavy atom. The summed E-state index contributed by atoms with van der Waals surface area (Å²) in [6.07, 6.45) is 0. The molecular weight excluding hydrogens is 226 g/mol. The van der Waals surface area contributed by atoms with E-state index in [9.17, 15) is 4.79 Å². The number of aryl methyl sites for hydroxylation is 1. The second kappa shape index (κ2) is 4.92. The number of ether oxygens (including phenoxy) is 1. The topological polar surface area (TPSA) is 52.3 Å². The molecule has 0 saturated carbocycles. The smallest absolute Gasteiger partial charge is 0.196 e. The number of carbonyl (C=O) groups is 1. The van der Waals surface area contributed by atoms with Crippen molar-refractivity contribution < 1.29 is 9.53 Å². The van der Waals surface area contributed by atoms with Crippen molar-refractivity contribution in [2.24, 2.45) is 0 Å². The number of carbonyl (C=O) groups excluding carboxylic acids is 1. The van der Waals surface area contributed by atoms with Crippen LogP contribution in [0, 0.1) is 6.92 Å². The third-order valence-electron chi connectivity index (χ3n) is 2.88. The van der Waals surface area contributed by atoms with Crippen molar-refractivity contribution in [3.05, 3.63) is 59.2 Å². The molecule has 2 aromatic carbocycles. The Bertz CT molecular complexity index is 591. The van der Waals surface area contributed by atoms with Gasteiger partial charge in [-0.3, -0.25) is 4.79 Å². The first kappa shape index (κ1) is 12.2. The molecule has 0 aromatic heterocycles. The molecule has 0 aliphatic carbocycles. The van der Waals surface area contributed by atoms with Crippen LogP contribution < -0.4 is 10.5 Å². The second-order valence-electron chi connectivity index (χ2n) is 4.10. The van der Waals surface area contributed by atoms with Gasteiger partial charge in [-0.05, 0) is 42.8 Å². The normalized spacial score (nSPS) is 10.1. The average Bonchev–Trinajstić information content (AvgIpc) is 2.41. The van der Waals surface area contributed by atoms with Crippen LogP contribution in [0.15, 0.2) is 42.5 Å². The van der Waals surface area contributed by atoms with Crippen LogP contribution in [0.5, 0.6) is 5.75 Å². The maximum Gasteiger partial charge on any atom is 0.196 e. The molecule has 0 aliphatic rings. The zero-order valence-electron chi connectivity index (χ0n) is 10.4. The molecule has 92 valence electrons. The molecule has 0 saturated heterocycles. The SMILES string of the molecule is COc1ccccc1C(=O)c1ccc(N)c(C)c1. The molecule has 0 atom stereocenters. The largest absolute Gasteiger partial charge is 0.496 e. The molecule has 0 unspecified atom stereocenters. The highest BCUT2D eigenvalue weighted by Gasteiger charge is 2.14. The van der Waals surface area contributed by atoms with E-state index in [2.05, 4.69) is 0 Å². The van der Waals surface area contributed by atoms with Gasteiger partial charge < -0.3 is 10.5 Å². The summed E-state index contributed by atoms with van der Waals surface area (Å²) in [7, 11) is 1.56. The maximum atomic E-state index is 12.4. The summed E-state index contributed by atoms with van der Waals surface area (Å²) in [5.74, 6) is 0.521. The Morgan fingerprint density at radius 2 is 1.89 bits per heavy atom. The van der Waals surface area contributed by atoms with E-state index < -0.39 is 0 Å². The Hall–Kier alpha value is -2.29. The standard InChI is InChI=1S/C15H15NO2/c1-10-9-11(7-8-13(10)16)15(17)12-5-3-4-6-14(12)18-2/h3-9H,16H2,1-2H3. The quantitative estimate of drug-likeness (QED) is 0.664. The molecule has 0 fully saturated rings. The zero-order chi connectivity index (χ0) is 13.1. The predicted octanol–water partition coefficient (Wildman–Crippen LogP) is 2.82. The van der Waals surface area contributed by atoms with Gasteiger partial charge in [0, 0.05) is 11.3 Å². The molecule has 0 bridgehead atoms. The van der Waals surface area contributed by atoms with Crippen LogP contribution in [-0.2, 0) is 0 Å². The van der Waals surface area contributed by atoms with Gasteiger partial charge in [0.15, 0.2) is 5.78 Å². The number of nitrogens with two attached hydrogens (primary N) is 1. The van der Waals surface area contributed by atoms with Gasteiger partial charge in [0.1, 0.15) is 5.75 Å². The lowest BCUT2D eigenvalue weighted by molar-refractivity contribution is 0.103. The molecule has 2 aromatic rings. The number of ketones is 1. The van der Waals surface area contributed by atoms with Crippen molar-refractivity contribution in [2.45, 2.75) is 6.92 Å². The van der Waals surface area contributed by atoms with Crippen LogP contribution in [-0.4, -0.2) is 12.9 Å². The van der Waals surface area contributed by atoms with E-state index in [-0.39, 0.29) is 5.78 Å². The number of rotatable bonds is 3. The molecule has 0 radical (unpaired) electrons. The Balaban J connectivity index is 2.44. The fraction of sp³-hybridized carbons (Fsp3) is 0.133. The van der Waals surface area contributed by atoms with Gasteiger partial charge >= 0.3 is 0 Å². The Kier molecular flexibility index (Phi) is 3.33. The number of anilines is 1. The van der Waals surface area contributed by atoms with Gasteiger partial charge in [0.2, 0.25) is 0 Å². The van der Waals surface area contributed by atoms with Gasteiger partial charge in [0.25, 0.3) is 0 Å². The first-order valence-corrected chi connectivity index (χ1v) is 5.67. The van der Waals surface area contributed by atoms with E-state index >= 15 is 0 Å². The van der Waals surface area contributed by atoms with Crippen LogP contribution >= 0.6 is 0 Å². The number of methoxy groups -OCH3 is 1. The predicted molar refractivity (Wildman–Crippen MR) is 72.0 cm³/mol. The van der Waals surface area contributed by atoms with Crippen LogP contribution in [0.25, 0.3) is 0 Å². The van der Waals surface area contributed by atoms with Crippen molar-refractivity contribution in [1.82, 2.24) is 0 Å². The Labute approximate surface area is 106 Å². The molecular formula is C15H15NO2. The summed E-state index contributed by atoms with van der Waals surface area (Å²) in [6.45, 7) is 1.88. The van der Waals surface area contributed by atoms with E-state index in [1.165, 1.54) is 0 Å². The van der Waals surface area contributed by atoms with Crippen LogP contribution in [0.1, 0.15) is 21.5 Å². The number of hydrogen-bond donors (Lipinski definition) is 1. The van der Waals surface area contributed by atoms with Crippen molar-refractivity contribution in [3.8, 4) is 5.75 Å². The first-order valence-electron chi connectivity index (χ1n) is 5.67. The zero-order valence-corrected chi connectivity index (χ0v) is 10.4. The molecule has 0 aliphatic heterocycles. The van der Waals surface area contributed by atoms with Crippen LogP contribution in [0.3, 0.4) is 0 Å². The van der Waals surface area contributed by atoms with Crippen molar-refractivity contribution in [3.63, 3.8) is 0 Å². The van der Waals surface area contributed by atoms with E-state index in [4.69, 9.17) is 10.5 Å². The molecule has 0 amide bonds. The molecule has 0 spiro atoms. The third-order valence-corrected chi connectivity index (χ3v) is 2.88. The number of nitrogen functional groups attached to an aromatic ring is 1. The Morgan fingerprint density at radius 1 is 1.17 bits per heavy atom. The number of hydrogen-bond acceptors (Lipinski definition) is 3. The van der Waals surface area contributed by atoms with Gasteiger partial charge in [-0.1, -0.05) is 12.1 Å². The second-order valence-corrected chi connectivity index (χ2v) is 4.10. The molecule has 18 heavy (non-hydrogen) atoms. The number of para-hydroxylation sites is 1. The molecule has 2 rings (SSSR count). The molecule has 3 nitrogen and oxygen atoms in total. The van der Waals surface area contributed by atoms with Crippen molar-refractivity contribution in [1.29, 1.82) is 0 Å². The molecule has 2 N–H and O–H groups in total. The van der Waals surface area contributed by atoms with E-state index in [1.807, 2.05) is 19.1 Å². The highest BCUT2D eigenvalue weighted by atomic mass is 16.5. The van der Waals surface area contributed by atoms with E-state index in [1.54, 1.807) is 37.4 Å². The fourth-order valence-electron chi connectivity index (χ4n) is 1.80. The van der Waals surface area contributed by atoms with Crippen molar-refractivity contribution in [2.75, 3.05) is 12.8 Å². The molecule has 0 heterocycles. The number of benzene rings is 2. The minimum Gasteiger partial charge on any atom is -0.496 e. The highest BCUT2D eigenvalue weighted by Crippen LogP contribution is 2.22. The summed E-state index contributed by atoms with van der Waals surface area (Å²) in [5, 5.41) is 0. The fourth-order valence-corrected chi connectivity index (χ4v) is 1.80.